The van der Waals surface area contributed by atoms with Gasteiger partial charge in [0.25, 0.3) is 0 Å². The predicted octanol–water partition coefficient (Wildman–Crippen LogP) is -0.0200. The van der Waals surface area contributed by atoms with Gasteiger partial charge < -0.3 is 10.5 Å². The molecule has 6 nitrogen and oxygen atoms in total. The van der Waals surface area contributed by atoms with Crippen molar-refractivity contribution >= 4 is 19.7 Å². The molecule has 0 radical (unpaired) electrons. The summed E-state index contributed by atoms with van der Waals surface area (Å²) in [6.07, 6.45) is 1.56. The maximum Gasteiger partial charge on any atom is 0.185 e. The van der Waals surface area contributed by atoms with Crippen molar-refractivity contribution in [3.63, 3.8) is 0 Å². The molecule has 2 unspecified atom stereocenters. The molecule has 0 amide bonds. The summed E-state index contributed by atoms with van der Waals surface area (Å²) in [4.78, 5) is 0.150. The second kappa shape index (κ2) is 5.44. The maximum absolute atomic E-state index is 12.4. The quantitative estimate of drug-likeness (QED) is 0.840. The van der Waals surface area contributed by atoms with Crippen LogP contribution in [0.4, 0.5) is 0 Å². The van der Waals surface area contributed by atoms with Crippen LogP contribution in [-0.4, -0.2) is 47.6 Å². The third kappa shape index (κ3) is 3.03. The number of hydrogen-bond acceptors (Lipinski definition) is 6. The first-order valence-electron chi connectivity index (χ1n) is 6.10. The molecule has 2 atom stereocenters. The molecule has 0 aliphatic carbocycles. The van der Waals surface area contributed by atoms with Crippen LogP contribution >= 0.6 is 0 Å². The largest absolute Gasteiger partial charge is 0.380 e. The van der Waals surface area contributed by atoms with E-state index in [2.05, 4.69) is 0 Å². The molecule has 1 aromatic rings. The van der Waals surface area contributed by atoms with Gasteiger partial charge in [0.1, 0.15) is 5.25 Å². The number of sulfone groups is 2. The second-order valence-electron chi connectivity index (χ2n) is 4.85. The highest BCUT2D eigenvalue weighted by Crippen LogP contribution is 2.23. The minimum absolute atomic E-state index is 0.0656. The maximum atomic E-state index is 12.4. The van der Waals surface area contributed by atoms with E-state index in [-0.39, 0.29) is 16.4 Å². The van der Waals surface area contributed by atoms with Crippen molar-refractivity contribution in [1.29, 1.82) is 0 Å². The highest BCUT2D eigenvalue weighted by Gasteiger charge is 2.35. The first-order chi connectivity index (χ1) is 9.23. The van der Waals surface area contributed by atoms with Gasteiger partial charge in [-0.05, 0) is 30.7 Å². The Balaban J connectivity index is 2.35. The summed E-state index contributed by atoms with van der Waals surface area (Å²) in [5.41, 5.74) is 5.85. The van der Waals surface area contributed by atoms with Crippen molar-refractivity contribution in [3.05, 3.63) is 24.3 Å². The number of ether oxygens (including phenoxy) is 1. The first-order valence-corrected chi connectivity index (χ1v) is 9.54. The fourth-order valence-electron chi connectivity index (χ4n) is 2.10. The van der Waals surface area contributed by atoms with Gasteiger partial charge in [-0.25, -0.2) is 16.8 Å². The van der Waals surface area contributed by atoms with Gasteiger partial charge in [0, 0.05) is 18.9 Å². The van der Waals surface area contributed by atoms with Crippen molar-refractivity contribution in [2.75, 3.05) is 19.5 Å². The highest BCUT2D eigenvalue weighted by molar-refractivity contribution is 7.92. The fourth-order valence-corrected chi connectivity index (χ4v) is 4.47. The Labute approximate surface area is 118 Å². The molecule has 0 saturated carbocycles. The van der Waals surface area contributed by atoms with E-state index in [0.29, 0.717) is 13.0 Å². The zero-order valence-electron chi connectivity index (χ0n) is 11.0. The van der Waals surface area contributed by atoms with E-state index in [4.69, 9.17) is 10.5 Å². The SMILES string of the molecule is CS(=O)(=O)c1ccc(S(=O)(=O)C2COCCC2N)cc1. The Hall–Kier alpha value is -0.960. The smallest absolute Gasteiger partial charge is 0.185 e. The number of nitrogens with two attached hydrogens (primary N) is 1. The van der Waals surface area contributed by atoms with Crippen LogP contribution in [0.5, 0.6) is 0 Å². The van der Waals surface area contributed by atoms with E-state index in [1.165, 1.54) is 24.3 Å². The molecule has 2 rings (SSSR count). The lowest BCUT2D eigenvalue weighted by atomic mass is 10.1. The molecule has 1 aromatic carbocycles. The lowest BCUT2D eigenvalue weighted by Crippen LogP contribution is -2.47. The van der Waals surface area contributed by atoms with E-state index >= 15 is 0 Å². The monoisotopic (exact) mass is 319 g/mol. The molecular weight excluding hydrogens is 302 g/mol. The Morgan fingerprint density at radius 3 is 2.15 bits per heavy atom. The van der Waals surface area contributed by atoms with Crippen molar-refractivity contribution in [3.8, 4) is 0 Å². The summed E-state index contributed by atoms with van der Waals surface area (Å²) < 4.78 is 52.8. The molecule has 0 bridgehead atoms. The van der Waals surface area contributed by atoms with Gasteiger partial charge in [-0.2, -0.15) is 0 Å². The van der Waals surface area contributed by atoms with Crippen LogP contribution in [-0.2, 0) is 24.4 Å². The molecule has 20 heavy (non-hydrogen) atoms. The average molecular weight is 319 g/mol. The molecule has 1 saturated heterocycles. The lowest BCUT2D eigenvalue weighted by Gasteiger charge is -2.28. The van der Waals surface area contributed by atoms with Gasteiger partial charge >= 0.3 is 0 Å². The number of benzene rings is 1. The van der Waals surface area contributed by atoms with E-state index in [0.717, 1.165) is 6.26 Å². The molecular formula is C12H17NO5S2. The minimum atomic E-state index is -3.62. The minimum Gasteiger partial charge on any atom is -0.380 e. The first kappa shape index (κ1) is 15.4. The summed E-state index contributed by atoms with van der Waals surface area (Å²) in [6.45, 7) is 0.525. The van der Waals surface area contributed by atoms with Crippen LogP contribution in [0, 0.1) is 0 Å². The third-order valence-electron chi connectivity index (χ3n) is 3.33. The predicted molar refractivity (Wildman–Crippen MR) is 73.9 cm³/mol. The van der Waals surface area contributed by atoms with E-state index in [1.54, 1.807) is 0 Å². The molecule has 112 valence electrons. The molecule has 1 heterocycles. The van der Waals surface area contributed by atoms with Crippen molar-refractivity contribution < 1.29 is 21.6 Å². The normalized spacial score (nSPS) is 24.5. The number of rotatable bonds is 3. The van der Waals surface area contributed by atoms with Gasteiger partial charge in [0.05, 0.1) is 16.4 Å². The van der Waals surface area contributed by atoms with Crippen molar-refractivity contribution in [2.24, 2.45) is 5.73 Å². The zero-order valence-corrected chi connectivity index (χ0v) is 12.7. The highest BCUT2D eigenvalue weighted by atomic mass is 32.2. The van der Waals surface area contributed by atoms with Crippen LogP contribution in [0.2, 0.25) is 0 Å². The molecule has 1 aliphatic rings. The Bertz CT molecular complexity index is 679. The van der Waals surface area contributed by atoms with Gasteiger partial charge in [-0.15, -0.1) is 0 Å². The number of hydrogen-bond donors (Lipinski definition) is 1. The molecule has 8 heteroatoms. The van der Waals surface area contributed by atoms with Gasteiger partial charge in [-0.1, -0.05) is 0 Å². The summed E-state index contributed by atoms with van der Waals surface area (Å²) in [6, 6.07) is 4.71. The summed E-state index contributed by atoms with van der Waals surface area (Å²) in [7, 11) is -6.96. The average Bonchev–Trinajstić information content (AvgIpc) is 2.38. The van der Waals surface area contributed by atoms with Gasteiger partial charge in [0.15, 0.2) is 19.7 Å². The van der Waals surface area contributed by atoms with Crippen molar-refractivity contribution in [1.82, 2.24) is 0 Å². The lowest BCUT2D eigenvalue weighted by molar-refractivity contribution is 0.0891. The van der Waals surface area contributed by atoms with E-state index in [1.807, 2.05) is 0 Å². The standard InChI is InChI=1S/C12H17NO5S2/c1-19(14,15)9-2-4-10(5-3-9)20(16,17)12-8-18-7-6-11(12)13/h2-5,11-12H,6-8,13H2,1H3. The molecule has 0 aromatic heterocycles. The Morgan fingerprint density at radius 2 is 1.65 bits per heavy atom. The Morgan fingerprint density at radius 1 is 1.10 bits per heavy atom. The zero-order chi connectivity index (χ0) is 15.0. The summed E-state index contributed by atoms with van der Waals surface area (Å²) >= 11 is 0. The summed E-state index contributed by atoms with van der Waals surface area (Å²) in [5, 5.41) is -0.791. The fraction of sp³-hybridized carbons (Fsp3) is 0.500. The van der Waals surface area contributed by atoms with E-state index < -0.39 is 31.0 Å². The second-order valence-corrected chi connectivity index (χ2v) is 9.04. The molecule has 1 aliphatic heterocycles. The summed E-state index contributed by atoms with van der Waals surface area (Å²) in [5.74, 6) is 0. The van der Waals surface area contributed by atoms with E-state index in [9.17, 15) is 16.8 Å². The molecule has 0 spiro atoms. The van der Waals surface area contributed by atoms with Crippen LogP contribution < -0.4 is 5.73 Å². The molecule has 2 N–H and O–H groups in total. The van der Waals surface area contributed by atoms with Crippen LogP contribution in [0.3, 0.4) is 0 Å². The third-order valence-corrected chi connectivity index (χ3v) is 6.67. The molecule has 1 fully saturated rings. The van der Waals surface area contributed by atoms with Crippen LogP contribution in [0.25, 0.3) is 0 Å². The van der Waals surface area contributed by atoms with Crippen LogP contribution in [0.1, 0.15) is 6.42 Å². The van der Waals surface area contributed by atoms with Gasteiger partial charge in [0.2, 0.25) is 0 Å². The van der Waals surface area contributed by atoms with Crippen molar-refractivity contribution in [2.45, 2.75) is 27.5 Å². The van der Waals surface area contributed by atoms with Gasteiger partial charge in [-0.3, -0.25) is 0 Å². The Kier molecular flexibility index (Phi) is 4.19. The topological polar surface area (TPSA) is 104 Å². The van der Waals surface area contributed by atoms with Crippen LogP contribution in [0.15, 0.2) is 34.1 Å².